The van der Waals surface area contributed by atoms with Gasteiger partial charge in [-0.3, -0.25) is 4.79 Å². The largest absolute Gasteiger partial charge is 0.495 e. The topological polar surface area (TPSA) is 69.0 Å². The lowest BCUT2D eigenvalue weighted by Gasteiger charge is -2.13. The molecule has 1 unspecified atom stereocenters. The number of para-hydroxylation sites is 1. The van der Waals surface area contributed by atoms with Crippen molar-refractivity contribution in [2.45, 2.75) is 43.0 Å². The summed E-state index contributed by atoms with van der Waals surface area (Å²) in [5.41, 5.74) is 2.72. The number of aromatic nitrogens is 3. The van der Waals surface area contributed by atoms with Crippen molar-refractivity contribution in [1.29, 1.82) is 0 Å². The summed E-state index contributed by atoms with van der Waals surface area (Å²) in [5.74, 6) is 1.97. The predicted molar refractivity (Wildman–Crippen MR) is 115 cm³/mol. The zero-order valence-corrected chi connectivity index (χ0v) is 17.6. The molecular formula is C22H24N4O2S. The fourth-order valence-corrected chi connectivity index (χ4v) is 3.84. The number of aryl methyl sites for hydroxylation is 1. The summed E-state index contributed by atoms with van der Waals surface area (Å²) in [6.07, 6.45) is 2.28. The highest BCUT2D eigenvalue weighted by Gasteiger charge is 2.31. The average molecular weight is 409 g/mol. The number of benzene rings is 2. The van der Waals surface area contributed by atoms with Gasteiger partial charge in [-0.1, -0.05) is 36.0 Å². The molecule has 1 saturated carbocycles. The van der Waals surface area contributed by atoms with Crippen LogP contribution in [0, 0.1) is 6.92 Å². The van der Waals surface area contributed by atoms with Gasteiger partial charge in [0.2, 0.25) is 11.1 Å². The van der Waals surface area contributed by atoms with Crippen LogP contribution in [0.3, 0.4) is 0 Å². The van der Waals surface area contributed by atoms with Crippen molar-refractivity contribution in [2.24, 2.45) is 0 Å². The monoisotopic (exact) mass is 408 g/mol. The summed E-state index contributed by atoms with van der Waals surface area (Å²) in [5, 5.41) is 7.92. The van der Waals surface area contributed by atoms with Crippen LogP contribution >= 0.6 is 11.8 Å². The number of carbonyl (C=O) groups is 1. The van der Waals surface area contributed by atoms with Gasteiger partial charge in [0.05, 0.1) is 23.7 Å². The zero-order valence-electron chi connectivity index (χ0n) is 16.8. The van der Waals surface area contributed by atoms with Crippen LogP contribution in [0.5, 0.6) is 5.75 Å². The first kappa shape index (κ1) is 19.5. The Morgan fingerprint density at radius 2 is 2.00 bits per heavy atom. The second kappa shape index (κ2) is 8.29. The van der Waals surface area contributed by atoms with E-state index in [1.165, 1.54) is 11.8 Å². The molecular weight excluding hydrogens is 384 g/mol. The number of anilines is 1. The molecule has 0 spiro atoms. The minimum Gasteiger partial charge on any atom is -0.495 e. The van der Waals surface area contributed by atoms with Crippen LogP contribution in [0.25, 0.3) is 5.69 Å². The van der Waals surface area contributed by atoms with Crippen LogP contribution in [0.1, 0.15) is 37.1 Å². The van der Waals surface area contributed by atoms with Crippen molar-refractivity contribution in [3.63, 3.8) is 0 Å². The first-order chi connectivity index (χ1) is 14.0. The van der Waals surface area contributed by atoms with E-state index in [9.17, 15) is 4.79 Å². The molecule has 1 N–H and O–H groups in total. The number of rotatable bonds is 7. The van der Waals surface area contributed by atoms with Crippen molar-refractivity contribution in [2.75, 3.05) is 12.4 Å². The third-order valence-electron chi connectivity index (χ3n) is 4.82. The van der Waals surface area contributed by atoms with Crippen LogP contribution in [0.15, 0.2) is 53.7 Å². The first-order valence-electron chi connectivity index (χ1n) is 9.69. The number of methoxy groups -OCH3 is 1. The van der Waals surface area contributed by atoms with Crippen molar-refractivity contribution in [3.05, 3.63) is 59.9 Å². The lowest BCUT2D eigenvalue weighted by atomic mass is 10.2. The van der Waals surface area contributed by atoms with Crippen LogP contribution < -0.4 is 10.1 Å². The van der Waals surface area contributed by atoms with E-state index < -0.39 is 0 Å². The number of carbonyl (C=O) groups excluding carboxylic acids is 1. The van der Waals surface area contributed by atoms with Gasteiger partial charge in [0.1, 0.15) is 11.6 Å². The summed E-state index contributed by atoms with van der Waals surface area (Å²) in [4.78, 5) is 17.5. The molecule has 1 fully saturated rings. The van der Waals surface area contributed by atoms with E-state index in [0.29, 0.717) is 22.5 Å². The van der Waals surface area contributed by atoms with Gasteiger partial charge in [-0.2, -0.15) is 0 Å². The third-order valence-corrected chi connectivity index (χ3v) is 5.77. The van der Waals surface area contributed by atoms with Crippen LogP contribution in [0.4, 0.5) is 5.69 Å². The van der Waals surface area contributed by atoms with Crippen LogP contribution in [0.2, 0.25) is 0 Å². The molecule has 6 nitrogen and oxygen atoms in total. The molecule has 1 aliphatic rings. The summed E-state index contributed by atoms with van der Waals surface area (Å²) in [6.45, 7) is 3.84. The molecule has 29 heavy (non-hydrogen) atoms. The first-order valence-corrected chi connectivity index (χ1v) is 10.6. The van der Waals surface area contributed by atoms with Crippen molar-refractivity contribution < 1.29 is 9.53 Å². The van der Waals surface area contributed by atoms with Crippen molar-refractivity contribution in [1.82, 2.24) is 14.8 Å². The number of thioether (sulfide) groups is 1. The summed E-state index contributed by atoms with van der Waals surface area (Å²) >= 11 is 1.37. The molecule has 4 rings (SSSR count). The molecule has 0 radical (unpaired) electrons. The standard InChI is InChI=1S/C22H24N4O2S/c1-14-9-12-19(28-3)18(13-14)23-21(27)15(2)29-22-24-20(16-10-11-16)26(25-22)17-7-5-4-6-8-17/h4-9,12-13,15-16H,10-11H2,1-3H3,(H,23,27). The highest BCUT2D eigenvalue weighted by atomic mass is 32.2. The molecule has 1 heterocycles. The minimum atomic E-state index is -0.348. The maximum absolute atomic E-state index is 12.8. The number of hydrogen-bond acceptors (Lipinski definition) is 5. The molecule has 7 heteroatoms. The number of amides is 1. The Bertz CT molecular complexity index is 1010. The fourth-order valence-electron chi connectivity index (χ4n) is 3.08. The Labute approximate surface area is 174 Å². The van der Waals surface area contributed by atoms with Gasteiger partial charge < -0.3 is 10.1 Å². The van der Waals surface area contributed by atoms with E-state index in [1.54, 1.807) is 7.11 Å². The lowest BCUT2D eigenvalue weighted by molar-refractivity contribution is -0.115. The van der Waals surface area contributed by atoms with E-state index in [4.69, 9.17) is 9.72 Å². The molecule has 1 aliphatic carbocycles. The molecule has 1 amide bonds. The Morgan fingerprint density at radius 1 is 1.24 bits per heavy atom. The molecule has 1 aromatic heterocycles. The molecule has 150 valence electrons. The van der Waals surface area contributed by atoms with E-state index in [-0.39, 0.29) is 11.2 Å². The maximum atomic E-state index is 12.8. The lowest BCUT2D eigenvalue weighted by Crippen LogP contribution is -2.23. The summed E-state index contributed by atoms with van der Waals surface area (Å²) in [6, 6.07) is 15.7. The SMILES string of the molecule is COc1ccc(C)cc1NC(=O)C(C)Sc1nc(C2CC2)n(-c2ccccc2)n1. The number of nitrogens with zero attached hydrogens (tertiary/aromatic N) is 3. The minimum absolute atomic E-state index is 0.108. The van der Waals surface area contributed by atoms with E-state index in [0.717, 1.165) is 29.9 Å². The summed E-state index contributed by atoms with van der Waals surface area (Å²) in [7, 11) is 1.60. The number of ether oxygens (including phenoxy) is 1. The molecule has 3 aromatic rings. The van der Waals surface area contributed by atoms with Gasteiger partial charge in [0, 0.05) is 5.92 Å². The highest BCUT2D eigenvalue weighted by Crippen LogP contribution is 2.40. The van der Waals surface area contributed by atoms with Gasteiger partial charge in [0.25, 0.3) is 0 Å². The van der Waals surface area contributed by atoms with Gasteiger partial charge in [-0.15, -0.1) is 5.10 Å². The van der Waals surface area contributed by atoms with E-state index >= 15 is 0 Å². The molecule has 0 bridgehead atoms. The Kier molecular flexibility index (Phi) is 5.58. The van der Waals surface area contributed by atoms with E-state index in [1.807, 2.05) is 67.1 Å². The number of nitrogens with one attached hydrogen (secondary N) is 1. The second-order valence-electron chi connectivity index (χ2n) is 7.23. The Balaban J connectivity index is 1.50. The molecule has 2 aromatic carbocycles. The second-order valence-corrected chi connectivity index (χ2v) is 8.54. The van der Waals surface area contributed by atoms with Crippen LogP contribution in [-0.4, -0.2) is 33.0 Å². The zero-order chi connectivity index (χ0) is 20.4. The quantitative estimate of drug-likeness (QED) is 0.580. The molecule has 0 aliphatic heterocycles. The van der Waals surface area contributed by atoms with Crippen LogP contribution in [-0.2, 0) is 4.79 Å². The van der Waals surface area contributed by atoms with Gasteiger partial charge in [-0.05, 0) is 56.5 Å². The van der Waals surface area contributed by atoms with E-state index in [2.05, 4.69) is 10.4 Å². The highest BCUT2D eigenvalue weighted by molar-refractivity contribution is 8.00. The van der Waals surface area contributed by atoms with Gasteiger partial charge in [0.15, 0.2) is 0 Å². The normalized spacial score (nSPS) is 14.4. The van der Waals surface area contributed by atoms with Gasteiger partial charge in [-0.25, -0.2) is 9.67 Å². The van der Waals surface area contributed by atoms with Gasteiger partial charge >= 0.3 is 0 Å². The third kappa shape index (κ3) is 4.45. The molecule has 0 saturated heterocycles. The fraction of sp³-hybridized carbons (Fsp3) is 0.318. The number of hydrogen-bond donors (Lipinski definition) is 1. The average Bonchev–Trinajstić information content (AvgIpc) is 3.49. The molecule has 1 atom stereocenters. The maximum Gasteiger partial charge on any atom is 0.237 e. The Morgan fingerprint density at radius 3 is 2.69 bits per heavy atom. The predicted octanol–water partition coefficient (Wildman–Crippen LogP) is 4.58. The Hall–Kier alpha value is -2.80. The van der Waals surface area contributed by atoms with Crippen molar-refractivity contribution >= 4 is 23.4 Å². The summed E-state index contributed by atoms with van der Waals surface area (Å²) < 4.78 is 7.26. The van der Waals surface area contributed by atoms with Crippen molar-refractivity contribution in [3.8, 4) is 11.4 Å². The smallest absolute Gasteiger partial charge is 0.237 e.